The zero-order valence-electron chi connectivity index (χ0n) is 14.1. The maximum Gasteiger partial charge on any atom is 0.0968 e. The first kappa shape index (κ1) is 16.9. The topological polar surface area (TPSA) is 66.5 Å². The third-order valence-corrected chi connectivity index (χ3v) is 3.94. The number of aromatic nitrogens is 3. The zero-order chi connectivity index (χ0) is 17.3. The summed E-state index contributed by atoms with van der Waals surface area (Å²) in [5.41, 5.74) is 4.30. The lowest BCUT2D eigenvalue weighted by molar-refractivity contribution is 0.626. The standard InChI is InChI=1S/C20H21N5/c21-11-6-14-25-16-18(20(24-25)17-7-2-1-3-8-17)15-22-13-10-19-9-4-5-12-23-19/h1-5,7-9,12,16,22H,6,10,13-15H2. The average molecular weight is 331 g/mol. The normalized spacial score (nSPS) is 10.5. The van der Waals surface area contributed by atoms with Crippen LogP contribution in [0.5, 0.6) is 0 Å². The van der Waals surface area contributed by atoms with E-state index in [9.17, 15) is 0 Å². The van der Waals surface area contributed by atoms with Crippen LogP contribution in [0.2, 0.25) is 0 Å². The van der Waals surface area contributed by atoms with Crippen molar-refractivity contribution in [2.24, 2.45) is 0 Å². The number of rotatable bonds is 8. The van der Waals surface area contributed by atoms with E-state index in [1.54, 1.807) is 0 Å². The summed E-state index contributed by atoms with van der Waals surface area (Å²) < 4.78 is 1.86. The summed E-state index contributed by atoms with van der Waals surface area (Å²) in [6.07, 6.45) is 5.21. The highest BCUT2D eigenvalue weighted by Crippen LogP contribution is 2.22. The van der Waals surface area contributed by atoms with Gasteiger partial charge in [-0.1, -0.05) is 36.4 Å². The molecule has 0 aliphatic carbocycles. The van der Waals surface area contributed by atoms with Crippen molar-refractivity contribution in [3.8, 4) is 17.3 Å². The van der Waals surface area contributed by atoms with Gasteiger partial charge < -0.3 is 5.32 Å². The molecule has 3 rings (SSSR count). The summed E-state index contributed by atoms with van der Waals surface area (Å²) >= 11 is 0. The Hall–Kier alpha value is -2.97. The van der Waals surface area contributed by atoms with Gasteiger partial charge in [-0.2, -0.15) is 10.4 Å². The van der Waals surface area contributed by atoms with Crippen LogP contribution in [0.3, 0.4) is 0 Å². The van der Waals surface area contributed by atoms with E-state index in [4.69, 9.17) is 5.26 Å². The molecule has 0 fully saturated rings. The van der Waals surface area contributed by atoms with Gasteiger partial charge >= 0.3 is 0 Å². The predicted molar refractivity (Wildman–Crippen MR) is 97.5 cm³/mol. The Morgan fingerprint density at radius 3 is 2.68 bits per heavy atom. The first-order valence-electron chi connectivity index (χ1n) is 8.46. The maximum absolute atomic E-state index is 8.79. The molecule has 2 heterocycles. The van der Waals surface area contributed by atoms with Gasteiger partial charge in [-0.25, -0.2) is 0 Å². The maximum atomic E-state index is 8.79. The number of nitrogens with one attached hydrogen (secondary N) is 1. The Morgan fingerprint density at radius 1 is 1.08 bits per heavy atom. The van der Waals surface area contributed by atoms with Gasteiger partial charge in [0.25, 0.3) is 0 Å². The lowest BCUT2D eigenvalue weighted by Gasteiger charge is -2.05. The van der Waals surface area contributed by atoms with E-state index in [1.807, 2.05) is 53.5 Å². The Labute approximate surface area is 148 Å². The zero-order valence-corrected chi connectivity index (χ0v) is 14.1. The number of hydrogen-bond acceptors (Lipinski definition) is 4. The Morgan fingerprint density at radius 2 is 1.92 bits per heavy atom. The van der Waals surface area contributed by atoms with Crippen molar-refractivity contribution in [1.82, 2.24) is 20.1 Å². The fraction of sp³-hybridized carbons (Fsp3) is 0.250. The molecule has 0 aliphatic rings. The molecule has 5 heteroatoms. The molecule has 0 saturated carbocycles. The number of aryl methyl sites for hydroxylation is 1. The molecule has 0 atom stereocenters. The number of hydrogen-bond donors (Lipinski definition) is 1. The molecule has 5 nitrogen and oxygen atoms in total. The van der Waals surface area contributed by atoms with Gasteiger partial charge in [0, 0.05) is 48.7 Å². The molecular formula is C20H21N5. The third-order valence-electron chi connectivity index (χ3n) is 3.94. The molecule has 126 valence electrons. The van der Waals surface area contributed by atoms with Crippen molar-refractivity contribution in [3.05, 3.63) is 72.2 Å². The fourth-order valence-electron chi connectivity index (χ4n) is 2.70. The van der Waals surface area contributed by atoms with Gasteiger partial charge in [-0.3, -0.25) is 9.67 Å². The van der Waals surface area contributed by atoms with E-state index in [0.717, 1.165) is 42.0 Å². The Bertz CT molecular complexity index is 818. The van der Waals surface area contributed by atoms with Crippen molar-refractivity contribution >= 4 is 0 Å². The van der Waals surface area contributed by atoms with E-state index in [-0.39, 0.29) is 0 Å². The highest BCUT2D eigenvalue weighted by molar-refractivity contribution is 5.62. The van der Waals surface area contributed by atoms with Crippen LogP contribution in [0.15, 0.2) is 60.9 Å². The average Bonchev–Trinajstić information content (AvgIpc) is 3.08. The number of nitriles is 1. The molecule has 0 spiro atoms. The van der Waals surface area contributed by atoms with Crippen LogP contribution in [0, 0.1) is 11.3 Å². The van der Waals surface area contributed by atoms with Gasteiger partial charge in [0.15, 0.2) is 0 Å². The Balaban J connectivity index is 1.66. The van der Waals surface area contributed by atoms with Crippen LogP contribution < -0.4 is 5.32 Å². The minimum absolute atomic E-state index is 0.461. The van der Waals surface area contributed by atoms with Gasteiger partial charge in [0.05, 0.1) is 24.7 Å². The highest BCUT2D eigenvalue weighted by Gasteiger charge is 2.10. The van der Waals surface area contributed by atoms with E-state index >= 15 is 0 Å². The molecule has 0 radical (unpaired) electrons. The summed E-state index contributed by atoms with van der Waals surface area (Å²) in [5, 5.41) is 16.9. The lowest BCUT2D eigenvalue weighted by Crippen LogP contribution is -2.17. The summed E-state index contributed by atoms with van der Waals surface area (Å²) in [6, 6.07) is 18.3. The van der Waals surface area contributed by atoms with Crippen LogP contribution in [0.4, 0.5) is 0 Å². The quantitative estimate of drug-likeness (QED) is 0.644. The second-order valence-corrected chi connectivity index (χ2v) is 5.79. The molecular weight excluding hydrogens is 310 g/mol. The molecule has 1 aromatic carbocycles. The first-order chi connectivity index (χ1) is 12.4. The fourth-order valence-corrected chi connectivity index (χ4v) is 2.70. The van der Waals surface area contributed by atoms with Crippen LogP contribution in [-0.4, -0.2) is 21.3 Å². The molecule has 25 heavy (non-hydrogen) atoms. The second kappa shape index (κ2) is 8.76. The highest BCUT2D eigenvalue weighted by atomic mass is 15.3. The molecule has 0 aliphatic heterocycles. The molecule has 0 amide bonds. The number of pyridine rings is 1. The third kappa shape index (κ3) is 4.75. The summed E-state index contributed by atoms with van der Waals surface area (Å²) in [5.74, 6) is 0. The van der Waals surface area contributed by atoms with Gasteiger partial charge in [0.1, 0.15) is 0 Å². The summed E-state index contributed by atoms with van der Waals surface area (Å²) in [6.45, 7) is 2.21. The smallest absolute Gasteiger partial charge is 0.0968 e. The van der Waals surface area contributed by atoms with Crippen LogP contribution in [-0.2, 0) is 19.5 Å². The second-order valence-electron chi connectivity index (χ2n) is 5.79. The predicted octanol–water partition coefficient (Wildman–Crippen LogP) is 3.19. The van der Waals surface area contributed by atoms with Gasteiger partial charge in [-0.15, -0.1) is 0 Å². The molecule has 0 unspecified atom stereocenters. The minimum atomic E-state index is 0.461. The van der Waals surface area contributed by atoms with Gasteiger partial charge in [0.2, 0.25) is 0 Å². The van der Waals surface area contributed by atoms with Crippen LogP contribution in [0.25, 0.3) is 11.3 Å². The molecule has 0 bridgehead atoms. The molecule has 1 N–H and O–H groups in total. The van der Waals surface area contributed by atoms with Crippen molar-refractivity contribution in [2.45, 2.75) is 25.9 Å². The molecule has 2 aromatic heterocycles. The lowest BCUT2D eigenvalue weighted by atomic mass is 10.1. The molecule has 0 saturated heterocycles. The summed E-state index contributed by atoms with van der Waals surface area (Å²) in [7, 11) is 0. The van der Waals surface area contributed by atoms with Crippen molar-refractivity contribution in [3.63, 3.8) is 0 Å². The molecule has 3 aromatic rings. The Kier molecular flexibility index (Phi) is 5.91. The number of nitrogens with zero attached hydrogens (tertiary/aromatic N) is 4. The SMILES string of the molecule is N#CCCn1cc(CNCCc2ccccn2)c(-c2ccccc2)n1. The summed E-state index contributed by atoms with van der Waals surface area (Å²) in [4.78, 5) is 4.34. The van der Waals surface area contributed by atoms with E-state index in [2.05, 4.69) is 33.6 Å². The van der Waals surface area contributed by atoms with Crippen LogP contribution >= 0.6 is 0 Å². The van der Waals surface area contributed by atoms with E-state index in [1.165, 1.54) is 0 Å². The first-order valence-corrected chi connectivity index (χ1v) is 8.46. The van der Waals surface area contributed by atoms with Gasteiger partial charge in [-0.05, 0) is 12.1 Å². The number of benzene rings is 1. The van der Waals surface area contributed by atoms with Crippen molar-refractivity contribution < 1.29 is 0 Å². The van der Waals surface area contributed by atoms with E-state index in [0.29, 0.717) is 13.0 Å². The van der Waals surface area contributed by atoms with E-state index < -0.39 is 0 Å². The largest absolute Gasteiger partial charge is 0.312 e. The minimum Gasteiger partial charge on any atom is -0.312 e. The van der Waals surface area contributed by atoms with Crippen molar-refractivity contribution in [1.29, 1.82) is 5.26 Å². The van der Waals surface area contributed by atoms with Crippen molar-refractivity contribution in [2.75, 3.05) is 6.54 Å². The van der Waals surface area contributed by atoms with Crippen LogP contribution in [0.1, 0.15) is 17.7 Å². The monoisotopic (exact) mass is 331 g/mol.